The normalized spacial score (nSPS) is 12.5. The Kier molecular flexibility index (Phi) is 2.89. The summed E-state index contributed by atoms with van der Waals surface area (Å²) in [4.78, 5) is 21.5. The van der Waals surface area contributed by atoms with E-state index in [2.05, 4.69) is 0 Å². The van der Waals surface area contributed by atoms with Gasteiger partial charge in [0.2, 0.25) is 0 Å². The Morgan fingerprint density at radius 3 is 2.63 bits per heavy atom. The summed E-state index contributed by atoms with van der Waals surface area (Å²) in [5, 5.41) is 30.1. The van der Waals surface area contributed by atoms with E-state index in [1.54, 1.807) is 7.05 Å². The molecule has 1 atom stereocenters. The Bertz CT molecular complexity index is 689. The van der Waals surface area contributed by atoms with Crippen molar-refractivity contribution >= 4 is 22.6 Å². The van der Waals surface area contributed by atoms with Crippen LogP contribution in [-0.4, -0.2) is 25.7 Å². The van der Waals surface area contributed by atoms with Gasteiger partial charge in [-0.25, -0.2) is 0 Å². The maximum Gasteiger partial charge on any atom is 0.310 e. The molecular weight excluding hydrogens is 252 g/mol. The molecule has 100 valence electrons. The zero-order valence-corrected chi connectivity index (χ0v) is 10.3. The Morgan fingerprint density at radius 2 is 2.11 bits per heavy atom. The summed E-state index contributed by atoms with van der Waals surface area (Å²) in [6.07, 6.45) is 1.50. The molecule has 1 aromatic heterocycles. The number of aliphatic carboxylic acids is 1. The van der Waals surface area contributed by atoms with Crippen LogP contribution >= 0.6 is 0 Å². The number of aromatic nitrogens is 1. The van der Waals surface area contributed by atoms with E-state index < -0.39 is 16.8 Å². The second kappa shape index (κ2) is 4.27. The number of carbonyl (C=O) groups is 1. The number of aromatic hydroxyl groups is 1. The molecule has 19 heavy (non-hydrogen) atoms. The average molecular weight is 264 g/mol. The average Bonchev–Trinajstić information content (AvgIpc) is 2.67. The second-order valence-electron chi connectivity index (χ2n) is 4.34. The van der Waals surface area contributed by atoms with Gasteiger partial charge >= 0.3 is 5.97 Å². The molecule has 0 fully saturated rings. The van der Waals surface area contributed by atoms with Gasteiger partial charge in [-0.1, -0.05) is 0 Å². The molecule has 2 N–H and O–H groups in total. The van der Waals surface area contributed by atoms with Gasteiger partial charge in [0.1, 0.15) is 5.75 Å². The van der Waals surface area contributed by atoms with Crippen molar-refractivity contribution in [2.45, 2.75) is 12.8 Å². The maximum atomic E-state index is 11.1. The lowest BCUT2D eigenvalue weighted by atomic mass is 9.99. The quantitative estimate of drug-likeness (QED) is 0.651. The summed E-state index contributed by atoms with van der Waals surface area (Å²) in [7, 11) is 1.60. The minimum absolute atomic E-state index is 0.119. The summed E-state index contributed by atoms with van der Waals surface area (Å²) >= 11 is 0. The summed E-state index contributed by atoms with van der Waals surface area (Å²) < 4.78 is 1.49. The van der Waals surface area contributed by atoms with Crippen molar-refractivity contribution in [1.29, 1.82) is 0 Å². The molecular formula is C12H12N2O5. The van der Waals surface area contributed by atoms with Crippen molar-refractivity contribution in [2.24, 2.45) is 7.05 Å². The largest absolute Gasteiger partial charge is 0.506 e. The van der Waals surface area contributed by atoms with Crippen LogP contribution < -0.4 is 0 Å². The first kappa shape index (κ1) is 12.9. The van der Waals surface area contributed by atoms with Gasteiger partial charge < -0.3 is 14.8 Å². The highest BCUT2D eigenvalue weighted by molar-refractivity contribution is 5.99. The van der Waals surface area contributed by atoms with Crippen LogP contribution in [0, 0.1) is 10.1 Å². The lowest BCUT2D eigenvalue weighted by Crippen LogP contribution is -2.07. The Labute approximate surface area is 107 Å². The fourth-order valence-electron chi connectivity index (χ4n) is 2.16. The molecule has 0 spiro atoms. The zero-order valence-electron chi connectivity index (χ0n) is 10.3. The first-order chi connectivity index (χ1) is 8.84. The number of nitro groups is 1. The number of non-ortho nitro benzene ring substituents is 1. The molecule has 1 heterocycles. The monoisotopic (exact) mass is 264 g/mol. The molecule has 0 radical (unpaired) electrons. The standard InChI is InChI=1S/C12H12N2O5/c1-6(12(16)17)7-5-13(2)11-9(15)4-3-8(10(7)11)14(18)19/h3-6,15H,1-2H3,(H,16,17). The van der Waals surface area contributed by atoms with Gasteiger partial charge in [-0.3, -0.25) is 14.9 Å². The highest BCUT2D eigenvalue weighted by Gasteiger charge is 2.26. The third-order valence-corrected chi connectivity index (χ3v) is 3.14. The maximum absolute atomic E-state index is 11.1. The van der Waals surface area contributed by atoms with Crippen LogP contribution in [0.15, 0.2) is 18.3 Å². The van der Waals surface area contributed by atoms with Gasteiger partial charge in [-0.2, -0.15) is 0 Å². The number of carboxylic acids is 1. The SMILES string of the molecule is CC(C(=O)O)c1cn(C)c2c(O)ccc([N+](=O)[O-])c12. The Morgan fingerprint density at radius 1 is 1.47 bits per heavy atom. The lowest BCUT2D eigenvalue weighted by molar-refractivity contribution is -0.383. The lowest BCUT2D eigenvalue weighted by Gasteiger charge is -2.05. The molecule has 7 nitrogen and oxygen atoms in total. The zero-order chi connectivity index (χ0) is 14.3. The van der Waals surface area contributed by atoms with Gasteiger partial charge in [0.15, 0.2) is 0 Å². The number of rotatable bonds is 3. The Balaban J connectivity index is 2.90. The molecule has 0 aliphatic rings. The topological polar surface area (TPSA) is 106 Å². The summed E-state index contributed by atoms with van der Waals surface area (Å²) in [6, 6.07) is 2.41. The molecule has 2 rings (SSSR count). The van der Waals surface area contributed by atoms with E-state index in [9.17, 15) is 20.0 Å². The van der Waals surface area contributed by atoms with Crippen molar-refractivity contribution in [3.05, 3.63) is 34.0 Å². The fraction of sp³-hybridized carbons (Fsp3) is 0.250. The predicted octanol–water partition coefficient (Wildman–Crippen LogP) is 1.98. The predicted molar refractivity (Wildman–Crippen MR) is 67.3 cm³/mol. The van der Waals surface area contributed by atoms with Crippen LogP contribution in [0.2, 0.25) is 0 Å². The van der Waals surface area contributed by atoms with Crippen molar-refractivity contribution in [2.75, 3.05) is 0 Å². The molecule has 2 aromatic rings. The third-order valence-electron chi connectivity index (χ3n) is 3.14. The first-order valence-electron chi connectivity index (χ1n) is 5.52. The highest BCUT2D eigenvalue weighted by Crippen LogP contribution is 2.38. The van der Waals surface area contributed by atoms with Gasteiger partial charge in [-0.15, -0.1) is 0 Å². The first-order valence-corrected chi connectivity index (χ1v) is 5.52. The highest BCUT2D eigenvalue weighted by atomic mass is 16.6. The van der Waals surface area contributed by atoms with Crippen molar-refractivity contribution in [1.82, 2.24) is 4.57 Å². The van der Waals surface area contributed by atoms with E-state index in [-0.39, 0.29) is 22.3 Å². The number of fused-ring (bicyclic) bond motifs is 1. The Hall–Kier alpha value is -2.57. The van der Waals surface area contributed by atoms with E-state index in [1.807, 2.05) is 0 Å². The molecule has 1 unspecified atom stereocenters. The molecule has 0 aliphatic heterocycles. The number of hydrogen-bond acceptors (Lipinski definition) is 4. The van der Waals surface area contributed by atoms with Crippen LogP contribution in [0.25, 0.3) is 10.9 Å². The molecule has 0 saturated carbocycles. The summed E-state index contributed by atoms with van der Waals surface area (Å²) in [6.45, 7) is 1.45. The number of phenols is 1. The molecule has 0 saturated heterocycles. The van der Waals surface area contributed by atoms with Gasteiger partial charge in [0, 0.05) is 19.3 Å². The molecule has 1 aromatic carbocycles. The minimum atomic E-state index is -1.08. The van der Waals surface area contributed by atoms with E-state index in [4.69, 9.17) is 5.11 Å². The van der Waals surface area contributed by atoms with E-state index in [0.717, 1.165) is 0 Å². The van der Waals surface area contributed by atoms with E-state index in [1.165, 1.54) is 29.8 Å². The minimum Gasteiger partial charge on any atom is -0.506 e. The number of nitrogens with zero attached hydrogens (tertiary/aromatic N) is 2. The number of aryl methyl sites for hydroxylation is 1. The van der Waals surface area contributed by atoms with Crippen molar-refractivity contribution in [3.8, 4) is 5.75 Å². The van der Waals surface area contributed by atoms with Gasteiger partial charge in [0.05, 0.1) is 21.7 Å². The summed E-state index contributed by atoms with van der Waals surface area (Å²) in [5.74, 6) is -2.10. The van der Waals surface area contributed by atoms with Crippen LogP contribution in [0.5, 0.6) is 5.75 Å². The molecule has 0 amide bonds. The smallest absolute Gasteiger partial charge is 0.310 e. The van der Waals surface area contributed by atoms with E-state index >= 15 is 0 Å². The van der Waals surface area contributed by atoms with Crippen LogP contribution in [0.3, 0.4) is 0 Å². The molecule has 7 heteroatoms. The number of nitro benzene ring substituents is 1. The van der Waals surface area contributed by atoms with Crippen LogP contribution in [0.4, 0.5) is 5.69 Å². The van der Waals surface area contributed by atoms with Crippen LogP contribution in [-0.2, 0) is 11.8 Å². The third kappa shape index (κ3) is 1.88. The van der Waals surface area contributed by atoms with Crippen molar-refractivity contribution in [3.63, 3.8) is 0 Å². The second-order valence-corrected chi connectivity index (χ2v) is 4.34. The molecule has 0 aliphatic carbocycles. The fourth-order valence-corrected chi connectivity index (χ4v) is 2.16. The molecule has 0 bridgehead atoms. The van der Waals surface area contributed by atoms with Gasteiger partial charge in [0.25, 0.3) is 5.69 Å². The number of hydrogen-bond donors (Lipinski definition) is 2. The van der Waals surface area contributed by atoms with E-state index in [0.29, 0.717) is 5.56 Å². The number of benzene rings is 1. The van der Waals surface area contributed by atoms with Crippen LogP contribution in [0.1, 0.15) is 18.4 Å². The number of carboxylic acid groups (broad SMARTS) is 1. The van der Waals surface area contributed by atoms with Gasteiger partial charge in [-0.05, 0) is 18.6 Å². The van der Waals surface area contributed by atoms with Crippen molar-refractivity contribution < 1.29 is 19.9 Å². The summed E-state index contributed by atoms with van der Waals surface area (Å²) in [5.41, 5.74) is 0.362. The number of phenolic OH excluding ortho intramolecular Hbond substituents is 1.